The number of hydrogen-bond donors (Lipinski definition) is 1. The van der Waals surface area contributed by atoms with Crippen molar-refractivity contribution in [3.63, 3.8) is 0 Å². The predicted molar refractivity (Wildman–Crippen MR) is 63.4 cm³/mol. The van der Waals surface area contributed by atoms with Gasteiger partial charge in [-0.05, 0) is 25.0 Å². The zero-order chi connectivity index (χ0) is 14.8. The van der Waals surface area contributed by atoms with Gasteiger partial charge in [0.05, 0.1) is 6.61 Å². The summed E-state index contributed by atoms with van der Waals surface area (Å²) in [4.78, 5) is 2.84. The maximum Gasteiger partial charge on any atom is 0.433 e. The number of alkyl halides is 3. The second-order valence-electron chi connectivity index (χ2n) is 4.41. The Hall–Kier alpha value is -1.19. The minimum Gasteiger partial charge on any atom is -0.380 e. The van der Waals surface area contributed by atoms with Crippen molar-refractivity contribution in [3.05, 3.63) is 24.0 Å². The molecule has 1 aliphatic heterocycles. The highest BCUT2D eigenvalue weighted by Crippen LogP contribution is 2.27. The minimum atomic E-state index is -4.59. The summed E-state index contributed by atoms with van der Waals surface area (Å²) in [6, 6.07) is 1.17. The van der Waals surface area contributed by atoms with E-state index in [4.69, 9.17) is 4.74 Å². The van der Waals surface area contributed by atoms with Crippen LogP contribution in [0.4, 0.5) is 13.2 Å². The third-order valence-electron chi connectivity index (χ3n) is 2.82. The van der Waals surface area contributed by atoms with E-state index in [1.807, 2.05) is 0 Å². The third-order valence-corrected chi connectivity index (χ3v) is 4.32. The van der Waals surface area contributed by atoms with E-state index in [0.29, 0.717) is 25.3 Å². The summed E-state index contributed by atoms with van der Waals surface area (Å²) in [6.07, 6.45) is -2.52. The van der Waals surface area contributed by atoms with Crippen LogP contribution < -0.4 is 4.72 Å². The van der Waals surface area contributed by atoms with Gasteiger partial charge in [0.2, 0.25) is 10.0 Å². The van der Waals surface area contributed by atoms with Crippen LogP contribution in [-0.4, -0.2) is 32.7 Å². The van der Waals surface area contributed by atoms with E-state index >= 15 is 0 Å². The topological polar surface area (TPSA) is 68.3 Å². The SMILES string of the molecule is O=S(=O)(N[C@H]1CCCOC1)c1ccc(C(F)(F)F)nc1. The van der Waals surface area contributed by atoms with Crippen LogP contribution in [0.5, 0.6) is 0 Å². The second kappa shape index (κ2) is 5.66. The van der Waals surface area contributed by atoms with Gasteiger partial charge in [0.25, 0.3) is 0 Å². The van der Waals surface area contributed by atoms with Gasteiger partial charge in [-0.1, -0.05) is 0 Å². The molecule has 20 heavy (non-hydrogen) atoms. The third kappa shape index (κ3) is 3.68. The van der Waals surface area contributed by atoms with Crippen molar-refractivity contribution in [2.45, 2.75) is 30.0 Å². The predicted octanol–water partition coefficient (Wildman–Crippen LogP) is 1.56. The lowest BCUT2D eigenvalue weighted by atomic mass is 10.1. The van der Waals surface area contributed by atoms with Crippen molar-refractivity contribution in [2.75, 3.05) is 13.2 Å². The van der Waals surface area contributed by atoms with Crippen molar-refractivity contribution in [2.24, 2.45) is 0 Å². The summed E-state index contributed by atoms with van der Waals surface area (Å²) >= 11 is 0. The molecule has 2 heterocycles. The maximum absolute atomic E-state index is 12.3. The average Bonchev–Trinajstić information content (AvgIpc) is 2.38. The molecular weight excluding hydrogens is 297 g/mol. The van der Waals surface area contributed by atoms with Crippen LogP contribution >= 0.6 is 0 Å². The molecule has 0 spiro atoms. The van der Waals surface area contributed by atoms with Gasteiger partial charge in [-0.15, -0.1) is 0 Å². The fraction of sp³-hybridized carbons (Fsp3) is 0.545. The lowest BCUT2D eigenvalue weighted by Crippen LogP contribution is -2.40. The number of nitrogens with one attached hydrogen (secondary N) is 1. The molecule has 0 aliphatic carbocycles. The van der Waals surface area contributed by atoms with Crippen LogP contribution in [0, 0.1) is 0 Å². The number of halogens is 3. The Bertz CT molecular complexity index is 551. The van der Waals surface area contributed by atoms with Crippen molar-refractivity contribution >= 4 is 10.0 Å². The standard InChI is InChI=1S/C11H13F3N2O3S/c12-11(13,14)10-4-3-9(6-15-10)20(17,18)16-8-2-1-5-19-7-8/h3-4,6,8,16H,1-2,5,7H2/t8-/m0/s1. The van der Waals surface area contributed by atoms with Crippen molar-refractivity contribution < 1.29 is 26.3 Å². The van der Waals surface area contributed by atoms with Gasteiger partial charge >= 0.3 is 6.18 Å². The van der Waals surface area contributed by atoms with Crippen molar-refractivity contribution in [1.29, 1.82) is 0 Å². The van der Waals surface area contributed by atoms with Gasteiger partial charge in [-0.3, -0.25) is 4.98 Å². The molecule has 0 aromatic carbocycles. The molecule has 1 fully saturated rings. The summed E-state index contributed by atoms with van der Waals surface area (Å²) in [5, 5.41) is 0. The first kappa shape index (κ1) is 15.2. The molecule has 1 atom stereocenters. The second-order valence-corrected chi connectivity index (χ2v) is 6.13. The highest BCUT2D eigenvalue weighted by Gasteiger charge is 2.33. The van der Waals surface area contributed by atoms with E-state index in [2.05, 4.69) is 9.71 Å². The van der Waals surface area contributed by atoms with E-state index in [0.717, 1.165) is 12.5 Å². The molecule has 1 saturated heterocycles. The van der Waals surface area contributed by atoms with Gasteiger partial charge in [-0.25, -0.2) is 13.1 Å². The summed E-state index contributed by atoms with van der Waals surface area (Å²) in [7, 11) is -3.88. The first-order chi connectivity index (χ1) is 9.29. The Balaban J connectivity index is 2.13. The molecule has 0 saturated carbocycles. The first-order valence-electron chi connectivity index (χ1n) is 5.92. The monoisotopic (exact) mass is 310 g/mol. The molecule has 112 valence electrons. The Morgan fingerprint density at radius 1 is 1.35 bits per heavy atom. The van der Waals surface area contributed by atoms with Gasteiger partial charge in [0, 0.05) is 18.8 Å². The largest absolute Gasteiger partial charge is 0.433 e. The lowest BCUT2D eigenvalue weighted by Gasteiger charge is -2.22. The van der Waals surface area contributed by atoms with Crippen LogP contribution in [-0.2, 0) is 20.9 Å². The van der Waals surface area contributed by atoms with Gasteiger partial charge in [-0.2, -0.15) is 13.2 Å². The van der Waals surface area contributed by atoms with E-state index in [1.165, 1.54) is 0 Å². The molecule has 0 radical (unpaired) electrons. The smallest absolute Gasteiger partial charge is 0.380 e. The summed E-state index contributed by atoms with van der Waals surface area (Å²) in [5.41, 5.74) is -1.13. The van der Waals surface area contributed by atoms with Crippen LogP contribution in [0.3, 0.4) is 0 Å². The molecule has 0 amide bonds. The molecule has 0 bridgehead atoms. The maximum atomic E-state index is 12.3. The van der Waals surface area contributed by atoms with Gasteiger partial charge in [0.1, 0.15) is 10.6 Å². The van der Waals surface area contributed by atoms with Gasteiger partial charge < -0.3 is 4.74 Å². The molecule has 1 aliphatic rings. The zero-order valence-electron chi connectivity index (χ0n) is 10.4. The molecule has 1 aromatic heterocycles. The number of nitrogens with zero attached hydrogens (tertiary/aromatic N) is 1. The Kier molecular flexibility index (Phi) is 4.31. The summed E-state index contributed by atoms with van der Waals surface area (Å²) in [5.74, 6) is 0. The highest BCUT2D eigenvalue weighted by molar-refractivity contribution is 7.89. The Morgan fingerprint density at radius 3 is 2.60 bits per heavy atom. The average molecular weight is 310 g/mol. The first-order valence-corrected chi connectivity index (χ1v) is 7.41. The lowest BCUT2D eigenvalue weighted by molar-refractivity contribution is -0.141. The Labute approximate surface area is 114 Å². The molecule has 1 N–H and O–H groups in total. The fourth-order valence-corrected chi connectivity index (χ4v) is 3.03. The molecule has 1 aromatic rings. The number of aromatic nitrogens is 1. The van der Waals surface area contributed by atoms with E-state index < -0.39 is 21.9 Å². The van der Waals surface area contributed by atoms with Crippen molar-refractivity contribution in [3.8, 4) is 0 Å². The molecule has 2 rings (SSSR count). The summed E-state index contributed by atoms with van der Waals surface area (Å²) in [6.45, 7) is 0.841. The quantitative estimate of drug-likeness (QED) is 0.920. The highest BCUT2D eigenvalue weighted by atomic mass is 32.2. The fourth-order valence-electron chi connectivity index (χ4n) is 1.83. The number of rotatable bonds is 3. The number of hydrogen-bond acceptors (Lipinski definition) is 4. The molecule has 0 unspecified atom stereocenters. The van der Waals surface area contributed by atoms with Crippen LogP contribution in [0.1, 0.15) is 18.5 Å². The number of sulfonamides is 1. The van der Waals surface area contributed by atoms with Crippen molar-refractivity contribution in [1.82, 2.24) is 9.71 Å². The van der Waals surface area contributed by atoms with Crippen LogP contribution in [0.2, 0.25) is 0 Å². The van der Waals surface area contributed by atoms with E-state index in [-0.39, 0.29) is 17.5 Å². The van der Waals surface area contributed by atoms with Crippen LogP contribution in [0.25, 0.3) is 0 Å². The molecule has 9 heteroatoms. The molecular formula is C11H13F3N2O3S. The minimum absolute atomic E-state index is 0.257. The Morgan fingerprint density at radius 2 is 2.10 bits per heavy atom. The van der Waals surface area contributed by atoms with E-state index in [9.17, 15) is 21.6 Å². The summed E-state index contributed by atoms with van der Waals surface area (Å²) < 4.78 is 68.5. The van der Waals surface area contributed by atoms with E-state index in [1.54, 1.807) is 0 Å². The molecule has 5 nitrogen and oxygen atoms in total. The van der Waals surface area contributed by atoms with Crippen LogP contribution in [0.15, 0.2) is 23.2 Å². The normalized spacial score (nSPS) is 20.9. The zero-order valence-corrected chi connectivity index (χ0v) is 11.2. The number of ether oxygens (including phenoxy) is 1. The number of pyridine rings is 1. The van der Waals surface area contributed by atoms with Gasteiger partial charge in [0.15, 0.2) is 0 Å².